The molecule has 9 heteroatoms. The molecule has 2 heterocycles. The van der Waals surface area contributed by atoms with Crippen LogP contribution in [0.25, 0.3) is 21.5 Å². The first kappa shape index (κ1) is 20.0. The molecule has 0 fully saturated rings. The number of carbonyl (C=O) groups is 1. The van der Waals surface area contributed by atoms with Gasteiger partial charge >= 0.3 is 7.12 Å². The number of primary amides is 1. The largest absolute Gasteiger partial charge is 0.508 e. The van der Waals surface area contributed by atoms with Crippen LogP contribution in [0.3, 0.4) is 0 Å². The van der Waals surface area contributed by atoms with E-state index in [2.05, 4.69) is 15.3 Å². The van der Waals surface area contributed by atoms with Crippen molar-refractivity contribution in [3.05, 3.63) is 70.6 Å². The summed E-state index contributed by atoms with van der Waals surface area (Å²) >= 11 is 1.43. The molecule has 4 rings (SSSR count). The van der Waals surface area contributed by atoms with E-state index in [9.17, 15) is 14.8 Å². The van der Waals surface area contributed by atoms with Crippen LogP contribution >= 0.6 is 11.3 Å². The summed E-state index contributed by atoms with van der Waals surface area (Å²) in [6, 6.07) is 16.6. The van der Waals surface area contributed by atoms with Gasteiger partial charge in [0.2, 0.25) is 5.91 Å². The van der Waals surface area contributed by atoms with Crippen LogP contribution in [0.15, 0.2) is 54.6 Å². The Morgan fingerprint density at radius 2 is 1.90 bits per heavy atom. The third-order valence-corrected chi connectivity index (χ3v) is 5.86. The highest BCUT2D eigenvalue weighted by Gasteiger charge is 2.21. The minimum atomic E-state index is -1.74. The van der Waals surface area contributed by atoms with E-state index in [1.165, 1.54) is 17.4 Å². The zero-order valence-electron chi connectivity index (χ0n) is 16.2. The minimum Gasteiger partial charge on any atom is -0.422 e. The summed E-state index contributed by atoms with van der Waals surface area (Å²) in [5, 5.41) is 23.5. The summed E-state index contributed by atoms with van der Waals surface area (Å²) in [5.41, 5.74) is 7.84. The molecular formula is C21H19BN4O3S. The van der Waals surface area contributed by atoms with Crippen molar-refractivity contribution in [2.45, 2.75) is 13.5 Å². The minimum absolute atomic E-state index is 0.0837. The molecule has 7 nitrogen and oxygen atoms in total. The van der Waals surface area contributed by atoms with Crippen molar-refractivity contribution in [3.8, 4) is 11.4 Å². The number of hydrogen-bond donors (Lipinski definition) is 4. The average molecular weight is 418 g/mol. The van der Waals surface area contributed by atoms with Crippen LogP contribution in [0, 0.1) is 6.92 Å². The number of amides is 1. The summed E-state index contributed by atoms with van der Waals surface area (Å²) in [4.78, 5) is 21.7. The SMILES string of the molecule is Cc1sc2c(C(N)=O)cccc2c1-c1nc(NCc2ccccc2)cc(B(O)O)n1. The summed E-state index contributed by atoms with van der Waals surface area (Å²) < 4.78 is 0.759. The molecule has 0 bridgehead atoms. The maximum atomic E-state index is 11.8. The Morgan fingerprint density at radius 1 is 1.13 bits per heavy atom. The third kappa shape index (κ3) is 3.91. The quantitative estimate of drug-likeness (QED) is 0.356. The van der Waals surface area contributed by atoms with Gasteiger partial charge in [-0.25, -0.2) is 9.97 Å². The van der Waals surface area contributed by atoms with Gasteiger partial charge in [-0.05, 0) is 24.6 Å². The van der Waals surface area contributed by atoms with Crippen molar-refractivity contribution in [2.75, 3.05) is 5.32 Å². The van der Waals surface area contributed by atoms with Gasteiger partial charge in [-0.15, -0.1) is 11.3 Å². The number of fused-ring (bicyclic) bond motifs is 1. The molecule has 5 N–H and O–H groups in total. The fraction of sp³-hybridized carbons (Fsp3) is 0.0952. The zero-order valence-corrected chi connectivity index (χ0v) is 17.0. The van der Waals surface area contributed by atoms with E-state index in [1.807, 2.05) is 43.3 Å². The Morgan fingerprint density at radius 3 is 2.60 bits per heavy atom. The maximum Gasteiger partial charge on any atom is 0.508 e. The van der Waals surface area contributed by atoms with Gasteiger partial charge in [-0.2, -0.15) is 0 Å². The molecule has 2 aromatic heterocycles. The van der Waals surface area contributed by atoms with Gasteiger partial charge < -0.3 is 21.1 Å². The van der Waals surface area contributed by atoms with Gasteiger partial charge in [-0.3, -0.25) is 4.79 Å². The number of anilines is 1. The van der Waals surface area contributed by atoms with Gasteiger partial charge in [0.1, 0.15) is 5.82 Å². The molecular weight excluding hydrogens is 399 g/mol. The maximum absolute atomic E-state index is 11.8. The molecule has 1 amide bonds. The Bertz CT molecular complexity index is 1230. The van der Waals surface area contributed by atoms with E-state index in [1.54, 1.807) is 12.1 Å². The van der Waals surface area contributed by atoms with Gasteiger partial charge in [-0.1, -0.05) is 42.5 Å². The number of thiophene rings is 1. The number of aromatic nitrogens is 2. The highest BCUT2D eigenvalue weighted by molar-refractivity contribution is 7.20. The van der Waals surface area contributed by atoms with E-state index >= 15 is 0 Å². The van der Waals surface area contributed by atoms with Crippen LogP contribution in [0.1, 0.15) is 20.8 Å². The number of nitrogens with one attached hydrogen (secondary N) is 1. The van der Waals surface area contributed by atoms with E-state index in [0.29, 0.717) is 23.8 Å². The normalized spacial score (nSPS) is 10.9. The zero-order chi connectivity index (χ0) is 21.3. The fourth-order valence-electron chi connectivity index (χ4n) is 3.30. The predicted octanol–water partition coefficient (Wildman–Crippen LogP) is 2.06. The van der Waals surface area contributed by atoms with Crippen molar-refractivity contribution in [2.24, 2.45) is 5.73 Å². The lowest BCUT2D eigenvalue weighted by molar-refractivity contribution is 0.100. The fourth-order valence-corrected chi connectivity index (χ4v) is 4.47. The number of nitrogens with zero attached hydrogens (tertiary/aromatic N) is 2. The van der Waals surface area contributed by atoms with E-state index in [0.717, 1.165) is 26.1 Å². The van der Waals surface area contributed by atoms with E-state index in [-0.39, 0.29) is 5.59 Å². The number of nitrogens with two attached hydrogens (primary N) is 1. The molecule has 0 aliphatic rings. The van der Waals surface area contributed by atoms with E-state index < -0.39 is 13.0 Å². The smallest absolute Gasteiger partial charge is 0.422 e. The van der Waals surface area contributed by atoms with Crippen molar-refractivity contribution in [1.82, 2.24) is 9.97 Å². The highest BCUT2D eigenvalue weighted by atomic mass is 32.1. The number of rotatable bonds is 6. The Balaban J connectivity index is 1.80. The molecule has 0 saturated carbocycles. The number of benzene rings is 2. The van der Waals surface area contributed by atoms with Gasteiger partial charge in [0.15, 0.2) is 5.82 Å². The van der Waals surface area contributed by atoms with Gasteiger partial charge in [0, 0.05) is 27.1 Å². The number of aryl methyl sites for hydroxylation is 1. The van der Waals surface area contributed by atoms with Gasteiger partial charge in [0.25, 0.3) is 0 Å². The summed E-state index contributed by atoms with van der Waals surface area (Å²) in [5.74, 6) is 0.317. The van der Waals surface area contributed by atoms with Crippen molar-refractivity contribution >= 4 is 45.9 Å². The molecule has 30 heavy (non-hydrogen) atoms. The second-order valence-corrected chi connectivity index (χ2v) is 8.02. The first-order valence-electron chi connectivity index (χ1n) is 9.29. The second-order valence-electron chi connectivity index (χ2n) is 6.79. The number of hydrogen-bond acceptors (Lipinski definition) is 7. The Labute approximate surface area is 177 Å². The molecule has 0 atom stereocenters. The van der Waals surface area contributed by atoms with Crippen LogP contribution in [0.2, 0.25) is 0 Å². The summed E-state index contributed by atoms with van der Waals surface area (Å²) in [6.45, 7) is 2.43. The molecule has 4 aromatic rings. The van der Waals surface area contributed by atoms with Crippen molar-refractivity contribution in [1.29, 1.82) is 0 Å². The standard InChI is InChI=1S/C21H19BN4O3S/c1-12-18(14-8-5-9-15(20(23)27)19(14)30-12)21-25-16(22(28)29)10-17(26-21)24-11-13-6-3-2-4-7-13/h2-10,28-29H,11H2,1H3,(H2,23,27)(H,24,25,26). The predicted molar refractivity (Wildman–Crippen MR) is 120 cm³/mol. The molecule has 150 valence electrons. The lowest BCUT2D eigenvalue weighted by Gasteiger charge is -2.10. The molecule has 0 saturated heterocycles. The molecule has 0 aliphatic carbocycles. The first-order chi connectivity index (χ1) is 14.4. The van der Waals surface area contributed by atoms with E-state index in [4.69, 9.17) is 5.73 Å². The Kier molecular flexibility index (Phi) is 5.49. The number of carbonyl (C=O) groups excluding carboxylic acids is 1. The topological polar surface area (TPSA) is 121 Å². The van der Waals surface area contributed by atoms with Crippen LogP contribution in [0.5, 0.6) is 0 Å². The molecule has 2 aromatic carbocycles. The van der Waals surface area contributed by atoms with Crippen LogP contribution in [0.4, 0.5) is 5.82 Å². The average Bonchev–Trinajstić information content (AvgIpc) is 3.08. The monoisotopic (exact) mass is 418 g/mol. The Hall–Kier alpha value is -3.27. The molecule has 0 aliphatic heterocycles. The van der Waals surface area contributed by atoms with Crippen LogP contribution < -0.4 is 16.6 Å². The summed E-state index contributed by atoms with van der Waals surface area (Å²) in [7, 11) is -1.74. The first-order valence-corrected chi connectivity index (χ1v) is 10.1. The van der Waals surface area contributed by atoms with Gasteiger partial charge in [0.05, 0.1) is 11.2 Å². The lowest BCUT2D eigenvalue weighted by atomic mass is 9.85. The van der Waals surface area contributed by atoms with Crippen LogP contribution in [-0.4, -0.2) is 33.0 Å². The highest BCUT2D eigenvalue weighted by Crippen LogP contribution is 2.38. The van der Waals surface area contributed by atoms with Crippen molar-refractivity contribution < 1.29 is 14.8 Å². The molecule has 0 spiro atoms. The lowest BCUT2D eigenvalue weighted by Crippen LogP contribution is -2.33. The molecule has 0 radical (unpaired) electrons. The van der Waals surface area contributed by atoms with Crippen LogP contribution in [-0.2, 0) is 6.54 Å². The second kappa shape index (κ2) is 8.23. The van der Waals surface area contributed by atoms with Crippen molar-refractivity contribution in [3.63, 3.8) is 0 Å². The third-order valence-electron chi connectivity index (χ3n) is 4.71. The molecule has 0 unspecified atom stereocenters. The summed E-state index contributed by atoms with van der Waals surface area (Å²) in [6.07, 6.45) is 0.